The van der Waals surface area contributed by atoms with Crippen LogP contribution >= 0.6 is 11.8 Å². The van der Waals surface area contributed by atoms with E-state index in [0.717, 1.165) is 16.0 Å². The molecule has 0 saturated carbocycles. The average Bonchev–Trinajstić information content (AvgIpc) is 2.13. The summed E-state index contributed by atoms with van der Waals surface area (Å²) < 4.78 is 4.29. The highest BCUT2D eigenvalue weighted by molar-refractivity contribution is 8.01. The van der Waals surface area contributed by atoms with Crippen molar-refractivity contribution in [2.45, 2.75) is 30.4 Å². The lowest BCUT2D eigenvalue weighted by atomic mass is 10.1. The van der Waals surface area contributed by atoms with Crippen LogP contribution in [-0.4, -0.2) is 29.0 Å². The van der Waals surface area contributed by atoms with E-state index in [4.69, 9.17) is 4.74 Å². The minimum absolute atomic E-state index is 0.291. The van der Waals surface area contributed by atoms with Gasteiger partial charge in [-0.25, -0.2) is 0 Å². The molecule has 0 atom stereocenters. The van der Waals surface area contributed by atoms with E-state index in [2.05, 4.69) is 12.1 Å². The molecule has 1 saturated heterocycles. The van der Waals surface area contributed by atoms with Crippen LogP contribution in [0.5, 0.6) is 0 Å². The highest BCUT2D eigenvalue weighted by Gasteiger charge is 2.47. The number of rotatable bonds is 3. The Kier molecular flexibility index (Phi) is 3.19. The molecule has 0 aliphatic carbocycles. The van der Waals surface area contributed by atoms with E-state index >= 15 is 0 Å². The van der Waals surface area contributed by atoms with Crippen molar-refractivity contribution in [3.05, 3.63) is 28.8 Å². The summed E-state index contributed by atoms with van der Waals surface area (Å²) in [6, 6.07) is 4.18. The molecule has 1 aromatic carbocycles. The minimum atomic E-state index is -0.787. The predicted molar refractivity (Wildman–Crippen MR) is 67.7 cm³/mol. The van der Waals surface area contributed by atoms with Gasteiger partial charge in [0.1, 0.15) is 0 Å². The van der Waals surface area contributed by atoms with Gasteiger partial charge in [0.25, 0.3) is 0 Å². The van der Waals surface area contributed by atoms with Gasteiger partial charge in [-0.2, -0.15) is 0 Å². The van der Waals surface area contributed by atoms with Gasteiger partial charge in [-0.15, -0.1) is 11.8 Å². The van der Waals surface area contributed by atoms with Crippen molar-refractivity contribution in [3.63, 3.8) is 0 Å². The monoisotopic (exact) mass is 252 g/mol. The first kappa shape index (κ1) is 12.5. The molecule has 17 heavy (non-hydrogen) atoms. The van der Waals surface area contributed by atoms with Gasteiger partial charge in [0.2, 0.25) is 0 Å². The van der Waals surface area contributed by atoms with Crippen molar-refractivity contribution >= 4 is 17.7 Å². The Labute approximate surface area is 105 Å². The molecule has 1 N–H and O–H groups in total. The lowest BCUT2D eigenvalue weighted by Gasteiger charge is -2.37. The zero-order chi connectivity index (χ0) is 12.6. The summed E-state index contributed by atoms with van der Waals surface area (Å²) >= 11 is 1.42. The first-order valence-electron chi connectivity index (χ1n) is 5.53. The van der Waals surface area contributed by atoms with Gasteiger partial charge >= 0.3 is 5.97 Å². The highest BCUT2D eigenvalue weighted by Crippen LogP contribution is 2.42. The summed E-state index contributed by atoms with van der Waals surface area (Å²) in [4.78, 5) is 12.4. The van der Waals surface area contributed by atoms with Gasteiger partial charge in [0.15, 0.2) is 4.75 Å². The van der Waals surface area contributed by atoms with Gasteiger partial charge < -0.3 is 9.84 Å². The third kappa shape index (κ3) is 2.19. The predicted octanol–water partition coefficient (Wildman–Crippen LogP) is 2.56. The van der Waals surface area contributed by atoms with Gasteiger partial charge in [0, 0.05) is 4.90 Å². The zero-order valence-electron chi connectivity index (χ0n) is 10.2. The van der Waals surface area contributed by atoms with Gasteiger partial charge in [0.05, 0.1) is 13.2 Å². The number of benzene rings is 1. The fourth-order valence-corrected chi connectivity index (χ4v) is 3.24. The molecule has 2 rings (SSSR count). The molecule has 0 bridgehead atoms. The van der Waals surface area contributed by atoms with Crippen LogP contribution in [-0.2, 0) is 9.53 Å². The number of aliphatic carboxylic acids is 1. The number of hydrogen-bond donors (Lipinski definition) is 1. The molecular weight excluding hydrogens is 236 g/mol. The number of hydrogen-bond acceptors (Lipinski definition) is 3. The maximum Gasteiger partial charge on any atom is 0.324 e. The summed E-state index contributed by atoms with van der Waals surface area (Å²) in [5, 5.41) is 9.28. The van der Waals surface area contributed by atoms with Crippen molar-refractivity contribution < 1.29 is 14.6 Å². The number of carbonyl (C=O) groups is 1. The Balaban J connectivity index is 2.33. The molecule has 1 fully saturated rings. The van der Waals surface area contributed by atoms with E-state index in [1.165, 1.54) is 17.3 Å². The third-order valence-corrected chi connectivity index (χ3v) is 4.61. The molecule has 0 radical (unpaired) electrons. The topological polar surface area (TPSA) is 46.5 Å². The van der Waals surface area contributed by atoms with E-state index < -0.39 is 10.7 Å². The molecular formula is C13H16O3S. The second-order valence-corrected chi connectivity index (χ2v) is 6.02. The number of carboxylic acid groups (broad SMARTS) is 1. The largest absolute Gasteiger partial charge is 0.480 e. The fraction of sp³-hybridized carbons (Fsp3) is 0.462. The number of ether oxygens (including phenoxy) is 1. The maximum absolute atomic E-state index is 11.3. The van der Waals surface area contributed by atoms with Crippen LogP contribution in [0.1, 0.15) is 16.7 Å². The third-order valence-electron chi connectivity index (χ3n) is 2.96. The van der Waals surface area contributed by atoms with E-state index in [9.17, 15) is 9.90 Å². The Bertz CT molecular complexity index is 441. The van der Waals surface area contributed by atoms with E-state index in [-0.39, 0.29) is 0 Å². The highest BCUT2D eigenvalue weighted by atomic mass is 32.2. The molecule has 1 aliphatic rings. The second-order valence-electron chi connectivity index (χ2n) is 4.62. The standard InChI is InChI=1S/C13H16O3S/c1-8-4-9(2)11(10(3)5-8)17-13(12(14)15)6-16-7-13/h4-5H,6-7H2,1-3H3,(H,14,15). The van der Waals surface area contributed by atoms with Crippen molar-refractivity contribution in [1.29, 1.82) is 0 Å². The molecule has 0 aromatic heterocycles. The molecule has 1 heterocycles. The molecule has 92 valence electrons. The van der Waals surface area contributed by atoms with Crippen LogP contribution < -0.4 is 0 Å². The van der Waals surface area contributed by atoms with Crippen LogP contribution in [0.2, 0.25) is 0 Å². The molecule has 3 nitrogen and oxygen atoms in total. The van der Waals surface area contributed by atoms with Crippen LogP contribution in [0.3, 0.4) is 0 Å². The quantitative estimate of drug-likeness (QED) is 0.898. The van der Waals surface area contributed by atoms with Crippen LogP contribution in [0, 0.1) is 20.8 Å². The van der Waals surface area contributed by atoms with Gasteiger partial charge in [-0.05, 0) is 31.9 Å². The Morgan fingerprint density at radius 3 is 2.18 bits per heavy atom. The Morgan fingerprint density at radius 2 is 1.82 bits per heavy atom. The van der Waals surface area contributed by atoms with Crippen LogP contribution in [0.4, 0.5) is 0 Å². The number of carboxylic acids is 1. The Hall–Kier alpha value is -1.00. The molecule has 0 spiro atoms. The van der Waals surface area contributed by atoms with Crippen molar-refractivity contribution in [1.82, 2.24) is 0 Å². The first-order valence-corrected chi connectivity index (χ1v) is 6.34. The molecule has 0 unspecified atom stereocenters. The van der Waals surface area contributed by atoms with E-state index in [0.29, 0.717) is 13.2 Å². The first-order chi connectivity index (χ1) is 7.94. The lowest BCUT2D eigenvalue weighted by molar-refractivity contribution is -0.151. The van der Waals surface area contributed by atoms with Crippen molar-refractivity contribution in [2.24, 2.45) is 0 Å². The lowest BCUT2D eigenvalue weighted by Crippen LogP contribution is -2.53. The number of thioether (sulfide) groups is 1. The molecule has 4 heteroatoms. The zero-order valence-corrected chi connectivity index (χ0v) is 11.1. The maximum atomic E-state index is 11.3. The SMILES string of the molecule is Cc1cc(C)c(SC2(C(=O)O)COC2)c(C)c1. The van der Waals surface area contributed by atoms with Gasteiger partial charge in [-0.1, -0.05) is 17.7 Å². The molecule has 1 aromatic rings. The normalized spacial score (nSPS) is 17.6. The van der Waals surface area contributed by atoms with E-state index in [1.807, 2.05) is 20.8 Å². The smallest absolute Gasteiger partial charge is 0.324 e. The minimum Gasteiger partial charge on any atom is -0.480 e. The van der Waals surface area contributed by atoms with E-state index in [1.54, 1.807) is 0 Å². The van der Waals surface area contributed by atoms with Gasteiger partial charge in [-0.3, -0.25) is 4.79 Å². The second kappa shape index (κ2) is 4.35. The van der Waals surface area contributed by atoms with Crippen LogP contribution in [0.25, 0.3) is 0 Å². The van der Waals surface area contributed by atoms with Crippen LogP contribution in [0.15, 0.2) is 17.0 Å². The summed E-state index contributed by atoms with van der Waals surface area (Å²) in [5.41, 5.74) is 3.48. The summed E-state index contributed by atoms with van der Waals surface area (Å²) in [5.74, 6) is -0.784. The van der Waals surface area contributed by atoms with Crippen molar-refractivity contribution in [3.8, 4) is 0 Å². The average molecular weight is 252 g/mol. The number of aryl methyl sites for hydroxylation is 3. The summed E-state index contributed by atoms with van der Waals surface area (Å²) in [6.07, 6.45) is 0. The molecule has 0 amide bonds. The summed E-state index contributed by atoms with van der Waals surface area (Å²) in [6.45, 7) is 6.68. The Morgan fingerprint density at radius 1 is 1.29 bits per heavy atom. The summed E-state index contributed by atoms with van der Waals surface area (Å²) in [7, 11) is 0. The fourth-order valence-electron chi connectivity index (χ4n) is 2.04. The van der Waals surface area contributed by atoms with Crippen molar-refractivity contribution in [2.75, 3.05) is 13.2 Å². The molecule has 1 aliphatic heterocycles.